The largest absolute Gasteiger partial charge is 0.508 e. The van der Waals surface area contributed by atoms with E-state index in [2.05, 4.69) is 15.6 Å². The number of amides is 2. The van der Waals surface area contributed by atoms with Crippen molar-refractivity contribution in [3.05, 3.63) is 58.4 Å². The fraction of sp³-hybridized carbons (Fsp3) is 0.0476. The van der Waals surface area contributed by atoms with E-state index in [-0.39, 0.29) is 23.9 Å². The summed E-state index contributed by atoms with van der Waals surface area (Å²) in [5, 5.41) is 19.9. The van der Waals surface area contributed by atoms with Crippen molar-refractivity contribution < 1.29 is 14.7 Å². The molecular formula is C21H15ClN4O3S2. The smallest absolute Gasteiger partial charge is 0.275 e. The third-order valence-electron chi connectivity index (χ3n) is 4.75. The maximum atomic E-state index is 12.3. The minimum absolute atomic E-state index is 0. The van der Waals surface area contributed by atoms with Gasteiger partial charge >= 0.3 is 0 Å². The van der Waals surface area contributed by atoms with Gasteiger partial charge in [0.05, 0.1) is 10.3 Å². The Hall–Kier alpha value is -3.27. The van der Waals surface area contributed by atoms with Gasteiger partial charge in [0.25, 0.3) is 11.8 Å². The third kappa shape index (κ3) is 3.67. The van der Waals surface area contributed by atoms with Crippen LogP contribution in [0, 0.1) is 0 Å². The van der Waals surface area contributed by atoms with Gasteiger partial charge in [-0.1, -0.05) is 18.2 Å². The molecule has 3 N–H and O–H groups in total. The number of hydrogen-bond donors (Lipinski definition) is 3. The Morgan fingerprint density at radius 2 is 1.90 bits per heavy atom. The number of rotatable bonds is 4. The molecule has 4 aromatic rings. The van der Waals surface area contributed by atoms with E-state index in [1.165, 1.54) is 22.7 Å². The van der Waals surface area contributed by atoms with Gasteiger partial charge in [-0.15, -0.1) is 35.1 Å². The highest BCUT2D eigenvalue weighted by molar-refractivity contribution is 7.17. The summed E-state index contributed by atoms with van der Waals surface area (Å²) in [6.07, 6.45) is 0. The molecule has 10 heteroatoms. The first-order valence-electron chi connectivity index (χ1n) is 8.97. The molecule has 0 atom stereocenters. The van der Waals surface area contributed by atoms with Gasteiger partial charge in [-0.2, -0.15) is 0 Å². The lowest BCUT2D eigenvalue weighted by Crippen LogP contribution is -2.24. The Balaban J connectivity index is 0.00000231. The van der Waals surface area contributed by atoms with Crippen LogP contribution in [0.2, 0.25) is 0 Å². The highest BCUT2D eigenvalue weighted by Gasteiger charge is 2.29. The Kier molecular flexibility index (Phi) is 5.48. The summed E-state index contributed by atoms with van der Waals surface area (Å²) in [6.45, 7) is 1.59. The predicted octanol–water partition coefficient (Wildman–Crippen LogP) is 4.56. The normalized spacial score (nSPS) is 13.5. The van der Waals surface area contributed by atoms with E-state index >= 15 is 0 Å². The van der Waals surface area contributed by atoms with E-state index in [0.717, 1.165) is 26.2 Å². The van der Waals surface area contributed by atoms with Crippen molar-refractivity contribution in [2.24, 2.45) is 0 Å². The molecule has 0 unspecified atom stereocenters. The quantitative estimate of drug-likeness (QED) is 0.378. The molecule has 7 nitrogen and oxygen atoms in total. The summed E-state index contributed by atoms with van der Waals surface area (Å²) in [5.74, 6) is 0.201. The van der Waals surface area contributed by atoms with Crippen molar-refractivity contribution >= 4 is 62.9 Å². The van der Waals surface area contributed by atoms with Crippen LogP contribution in [-0.2, 0) is 9.59 Å². The number of halogens is 1. The van der Waals surface area contributed by atoms with Gasteiger partial charge < -0.3 is 10.4 Å². The lowest BCUT2D eigenvalue weighted by atomic mass is 10.1. The highest BCUT2D eigenvalue weighted by Crippen LogP contribution is 2.40. The molecule has 0 spiro atoms. The number of nitrogens with zero attached hydrogens (tertiary/aromatic N) is 2. The van der Waals surface area contributed by atoms with Crippen molar-refractivity contribution in [3.63, 3.8) is 0 Å². The summed E-state index contributed by atoms with van der Waals surface area (Å²) in [5.41, 5.74) is 2.10. The molecule has 156 valence electrons. The summed E-state index contributed by atoms with van der Waals surface area (Å²) in [7, 11) is 0. The van der Waals surface area contributed by atoms with Gasteiger partial charge in [-0.25, -0.2) is 9.97 Å². The number of thiophene rings is 2. The zero-order valence-corrected chi connectivity index (χ0v) is 18.5. The molecule has 0 aliphatic carbocycles. The number of fused-ring (bicyclic) bond motifs is 1. The second-order valence-electron chi connectivity index (χ2n) is 6.66. The van der Waals surface area contributed by atoms with Crippen LogP contribution < -0.4 is 10.6 Å². The third-order valence-corrected chi connectivity index (χ3v) is 6.48. The van der Waals surface area contributed by atoms with Gasteiger partial charge in [0.2, 0.25) is 0 Å². The molecule has 3 aromatic heterocycles. The van der Waals surface area contributed by atoms with Gasteiger partial charge in [0.1, 0.15) is 22.1 Å². The number of anilines is 1. The SMILES string of the molecule is CC1=C(Nc2nc(-c3cccs3)nc3scc(-c4cccc(O)c4)c23)C(=O)NC1=O.Cl. The van der Waals surface area contributed by atoms with Crippen LogP contribution in [0.5, 0.6) is 5.75 Å². The molecule has 0 saturated carbocycles. The summed E-state index contributed by atoms with van der Waals surface area (Å²) in [6, 6.07) is 10.8. The summed E-state index contributed by atoms with van der Waals surface area (Å²) >= 11 is 2.96. The van der Waals surface area contributed by atoms with E-state index in [1.54, 1.807) is 25.1 Å². The van der Waals surface area contributed by atoms with Crippen molar-refractivity contribution in [3.8, 4) is 27.6 Å². The topological polar surface area (TPSA) is 104 Å². The van der Waals surface area contributed by atoms with Gasteiger partial charge in [0.15, 0.2) is 5.82 Å². The van der Waals surface area contributed by atoms with Crippen LogP contribution in [-0.4, -0.2) is 26.9 Å². The van der Waals surface area contributed by atoms with E-state index in [4.69, 9.17) is 4.98 Å². The van der Waals surface area contributed by atoms with Crippen molar-refractivity contribution in [1.29, 1.82) is 0 Å². The first-order valence-corrected chi connectivity index (χ1v) is 10.7. The Labute approximate surface area is 190 Å². The van der Waals surface area contributed by atoms with Crippen molar-refractivity contribution in [2.45, 2.75) is 6.92 Å². The molecule has 0 saturated heterocycles. The number of aromatic hydroxyl groups is 1. The van der Waals surface area contributed by atoms with Crippen LogP contribution in [0.1, 0.15) is 6.92 Å². The molecule has 1 aliphatic rings. The molecular weight excluding hydrogens is 456 g/mol. The van der Waals surface area contributed by atoms with Crippen molar-refractivity contribution in [1.82, 2.24) is 15.3 Å². The van der Waals surface area contributed by atoms with Gasteiger partial charge in [-0.3, -0.25) is 14.9 Å². The van der Waals surface area contributed by atoms with E-state index in [9.17, 15) is 14.7 Å². The van der Waals surface area contributed by atoms with Crippen LogP contribution in [0.4, 0.5) is 5.82 Å². The summed E-state index contributed by atoms with van der Waals surface area (Å²) < 4.78 is 0. The number of benzene rings is 1. The molecule has 1 aromatic carbocycles. The number of imide groups is 1. The number of aromatic nitrogens is 2. The molecule has 2 amide bonds. The monoisotopic (exact) mass is 470 g/mol. The van der Waals surface area contributed by atoms with Crippen LogP contribution >= 0.6 is 35.1 Å². The minimum Gasteiger partial charge on any atom is -0.508 e. The van der Waals surface area contributed by atoms with Gasteiger partial charge in [0, 0.05) is 16.5 Å². The number of carbonyl (C=O) groups is 2. The number of phenolic OH excluding ortho intramolecular Hbond substituents is 1. The Morgan fingerprint density at radius 3 is 2.58 bits per heavy atom. The Bertz CT molecular complexity index is 1360. The first-order chi connectivity index (χ1) is 14.5. The average molecular weight is 471 g/mol. The standard InChI is InChI=1S/C21H14N4O3S2.ClH/c1-10-16(20(28)25-19(10)27)22-18-15-13(11-4-2-5-12(26)8-11)9-30-21(15)24-17(23-18)14-6-3-7-29-14;/h2-9,26H,1H3,(H2,22,23,24,25,27,28);1H. The molecule has 0 fully saturated rings. The minimum atomic E-state index is -0.490. The maximum absolute atomic E-state index is 12.3. The second-order valence-corrected chi connectivity index (χ2v) is 8.47. The lowest BCUT2D eigenvalue weighted by molar-refractivity contribution is -0.124. The van der Waals surface area contributed by atoms with Gasteiger partial charge in [-0.05, 0) is 36.1 Å². The zero-order chi connectivity index (χ0) is 20.8. The van der Waals surface area contributed by atoms with Crippen molar-refractivity contribution in [2.75, 3.05) is 5.32 Å². The summed E-state index contributed by atoms with van der Waals surface area (Å²) in [4.78, 5) is 35.2. The molecule has 4 heterocycles. The Morgan fingerprint density at radius 1 is 1.06 bits per heavy atom. The predicted molar refractivity (Wildman–Crippen MR) is 125 cm³/mol. The molecule has 1 aliphatic heterocycles. The van der Waals surface area contributed by atoms with Crippen LogP contribution in [0.3, 0.4) is 0 Å². The molecule has 0 radical (unpaired) electrons. The number of nitrogens with one attached hydrogen (secondary N) is 2. The maximum Gasteiger partial charge on any atom is 0.275 e. The first kappa shape index (κ1) is 21.0. The number of phenols is 1. The van der Waals surface area contributed by atoms with Crippen LogP contribution in [0.25, 0.3) is 32.0 Å². The van der Waals surface area contributed by atoms with E-state index < -0.39 is 11.8 Å². The molecule has 31 heavy (non-hydrogen) atoms. The second kappa shape index (κ2) is 8.10. The number of hydrogen-bond acceptors (Lipinski definition) is 8. The average Bonchev–Trinajstić information content (AvgIpc) is 3.45. The lowest BCUT2D eigenvalue weighted by Gasteiger charge is -2.11. The fourth-order valence-corrected chi connectivity index (χ4v) is 4.85. The number of carbonyl (C=O) groups excluding carboxylic acids is 2. The molecule has 0 bridgehead atoms. The van der Waals surface area contributed by atoms with E-state index in [0.29, 0.717) is 17.2 Å². The molecule has 5 rings (SSSR count). The van der Waals surface area contributed by atoms with Crippen LogP contribution in [0.15, 0.2) is 58.4 Å². The van der Waals surface area contributed by atoms with E-state index in [1.807, 2.05) is 29.0 Å². The highest BCUT2D eigenvalue weighted by atomic mass is 35.5. The fourth-order valence-electron chi connectivity index (χ4n) is 3.25. The zero-order valence-electron chi connectivity index (χ0n) is 16.0.